The number of aromatic nitrogens is 3. The Labute approximate surface area is 151 Å². The zero-order chi connectivity index (χ0) is 16.8. The molecule has 0 amide bonds. The summed E-state index contributed by atoms with van der Waals surface area (Å²) < 4.78 is 1.71. The Morgan fingerprint density at radius 2 is 1.96 bits per heavy atom. The Kier molecular flexibility index (Phi) is 3.97. The summed E-state index contributed by atoms with van der Waals surface area (Å²) in [6.45, 7) is 2.79. The lowest BCUT2D eigenvalue weighted by Gasteiger charge is -2.24. The van der Waals surface area contributed by atoms with E-state index in [1.807, 2.05) is 17.4 Å². The first-order valence-corrected chi connectivity index (χ1v) is 10.3. The summed E-state index contributed by atoms with van der Waals surface area (Å²) in [6.07, 6.45) is 9.47. The molecule has 3 heterocycles. The molecule has 132 valence electrons. The van der Waals surface area contributed by atoms with Crippen LogP contribution in [0.15, 0.2) is 23.1 Å². The van der Waals surface area contributed by atoms with Gasteiger partial charge in [-0.1, -0.05) is 0 Å². The van der Waals surface area contributed by atoms with Gasteiger partial charge in [-0.2, -0.15) is 5.10 Å². The molecule has 25 heavy (non-hydrogen) atoms. The summed E-state index contributed by atoms with van der Waals surface area (Å²) in [5.74, 6) is 1.32. The average Bonchev–Trinajstić information content (AvgIpc) is 3.54. The quantitative estimate of drug-likeness (QED) is 0.798. The molecule has 3 fully saturated rings. The molecular weight excluding hydrogens is 332 g/mol. The van der Waals surface area contributed by atoms with E-state index in [-0.39, 0.29) is 5.56 Å². The number of likely N-dealkylation sites (tertiary alicyclic amines) is 1. The summed E-state index contributed by atoms with van der Waals surface area (Å²) in [5, 5.41) is 5.96. The Bertz CT molecular complexity index is 821. The largest absolute Gasteiger partial charge is 0.293 e. The molecule has 2 aliphatic carbocycles. The molecule has 0 radical (unpaired) electrons. The first kappa shape index (κ1) is 15.7. The predicted molar refractivity (Wildman–Crippen MR) is 98.0 cm³/mol. The van der Waals surface area contributed by atoms with E-state index in [1.54, 1.807) is 10.7 Å². The molecule has 0 N–H and O–H groups in total. The first-order valence-electron chi connectivity index (χ1n) is 9.53. The molecule has 5 nitrogen and oxygen atoms in total. The van der Waals surface area contributed by atoms with Crippen molar-refractivity contribution in [1.29, 1.82) is 0 Å². The van der Waals surface area contributed by atoms with Crippen molar-refractivity contribution in [3.8, 4) is 0 Å². The Morgan fingerprint density at radius 1 is 1.12 bits per heavy atom. The molecular formula is C19H24N4OS. The molecule has 1 unspecified atom stereocenters. The molecule has 3 aliphatic rings. The highest BCUT2D eigenvalue weighted by atomic mass is 32.1. The van der Waals surface area contributed by atoms with E-state index < -0.39 is 0 Å². The molecule has 0 aromatic carbocycles. The molecule has 5 rings (SSSR count). The van der Waals surface area contributed by atoms with Gasteiger partial charge in [0.15, 0.2) is 0 Å². The molecule has 1 aliphatic heterocycles. The van der Waals surface area contributed by atoms with Crippen molar-refractivity contribution in [3.05, 3.63) is 44.3 Å². The van der Waals surface area contributed by atoms with E-state index in [0.29, 0.717) is 18.5 Å². The molecule has 1 atom stereocenters. The van der Waals surface area contributed by atoms with E-state index >= 15 is 0 Å². The third kappa shape index (κ3) is 3.42. The van der Waals surface area contributed by atoms with E-state index in [2.05, 4.69) is 21.2 Å². The van der Waals surface area contributed by atoms with Crippen molar-refractivity contribution in [1.82, 2.24) is 19.7 Å². The monoisotopic (exact) mass is 356 g/mol. The van der Waals surface area contributed by atoms with Crippen molar-refractivity contribution >= 4 is 11.3 Å². The van der Waals surface area contributed by atoms with Crippen molar-refractivity contribution in [2.24, 2.45) is 0 Å². The Hall–Kier alpha value is -1.53. The molecule has 2 saturated carbocycles. The lowest BCUT2D eigenvalue weighted by Crippen LogP contribution is -2.36. The number of rotatable bonds is 6. The van der Waals surface area contributed by atoms with Crippen molar-refractivity contribution in [2.45, 2.75) is 69.5 Å². The van der Waals surface area contributed by atoms with Crippen LogP contribution in [0.2, 0.25) is 0 Å². The Morgan fingerprint density at radius 3 is 2.76 bits per heavy atom. The van der Waals surface area contributed by atoms with Crippen LogP contribution in [0.1, 0.15) is 65.9 Å². The first-order chi connectivity index (χ1) is 12.3. The summed E-state index contributed by atoms with van der Waals surface area (Å²) in [5.41, 5.74) is 1.13. The maximum Gasteiger partial charge on any atom is 0.266 e. The van der Waals surface area contributed by atoms with E-state index in [0.717, 1.165) is 31.1 Å². The molecule has 2 aromatic heterocycles. The number of nitrogens with zero attached hydrogens (tertiary/aromatic N) is 4. The fourth-order valence-electron chi connectivity index (χ4n) is 3.82. The molecule has 1 saturated heterocycles. The highest BCUT2D eigenvalue weighted by Gasteiger charge is 2.30. The van der Waals surface area contributed by atoms with Crippen LogP contribution in [0.5, 0.6) is 0 Å². The van der Waals surface area contributed by atoms with Crippen LogP contribution < -0.4 is 5.56 Å². The van der Waals surface area contributed by atoms with Gasteiger partial charge >= 0.3 is 0 Å². The van der Waals surface area contributed by atoms with Gasteiger partial charge in [-0.05, 0) is 51.1 Å². The summed E-state index contributed by atoms with van der Waals surface area (Å²) in [4.78, 5) is 20.7. The normalized spacial score (nSPS) is 24.1. The fourth-order valence-corrected chi connectivity index (χ4v) is 4.93. The van der Waals surface area contributed by atoms with Gasteiger partial charge in [-0.3, -0.25) is 9.69 Å². The van der Waals surface area contributed by atoms with E-state index in [9.17, 15) is 4.79 Å². The topological polar surface area (TPSA) is 51.0 Å². The SMILES string of the molecule is O=c1ccc(C2CC2)nn1CC1CCCN1Cc1cnc(C2CC2)s1. The van der Waals surface area contributed by atoms with Gasteiger partial charge < -0.3 is 0 Å². The maximum absolute atomic E-state index is 12.2. The molecule has 6 heteroatoms. The van der Waals surface area contributed by atoms with Crippen LogP contribution in [0.4, 0.5) is 0 Å². The van der Waals surface area contributed by atoms with Gasteiger partial charge in [-0.25, -0.2) is 9.67 Å². The molecule has 0 bridgehead atoms. The highest BCUT2D eigenvalue weighted by molar-refractivity contribution is 7.11. The lowest BCUT2D eigenvalue weighted by atomic mass is 10.2. The third-order valence-electron chi connectivity index (χ3n) is 5.62. The van der Waals surface area contributed by atoms with Gasteiger partial charge in [0.05, 0.1) is 17.2 Å². The van der Waals surface area contributed by atoms with Crippen LogP contribution in [0, 0.1) is 0 Å². The minimum absolute atomic E-state index is 0.0325. The zero-order valence-electron chi connectivity index (χ0n) is 14.4. The van der Waals surface area contributed by atoms with Crippen LogP contribution in [0.3, 0.4) is 0 Å². The Balaban J connectivity index is 1.29. The van der Waals surface area contributed by atoms with Crippen molar-refractivity contribution < 1.29 is 0 Å². The van der Waals surface area contributed by atoms with E-state index in [1.165, 1.54) is 42.0 Å². The lowest BCUT2D eigenvalue weighted by molar-refractivity contribution is 0.218. The molecule has 2 aromatic rings. The standard InChI is InChI=1S/C19H24N4OS/c24-18-8-7-17(13-3-4-13)21-23(18)11-15-2-1-9-22(15)12-16-10-20-19(25-16)14-5-6-14/h7-8,10,13-15H,1-6,9,11-12H2. The minimum atomic E-state index is 0.0325. The van der Waals surface area contributed by atoms with Crippen molar-refractivity contribution in [2.75, 3.05) is 6.54 Å². The highest BCUT2D eigenvalue weighted by Crippen LogP contribution is 2.42. The summed E-state index contributed by atoms with van der Waals surface area (Å²) in [6, 6.07) is 4.02. The van der Waals surface area contributed by atoms with Crippen molar-refractivity contribution in [3.63, 3.8) is 0 Å². The minimum Gasteiger partial charge on any atom is -0.293 e. The predicted octanol–water partition coefficient (Wildman–Crippen LogP) is 3.12. The van der Waals surface area contributed by atoms with Crippen LogP contribution >= 0.6 is 11.3 Å². The zero-order valence-corrected chi connectivity index (χ0v) is 15.2. The number of thiazole rings is 1. The molecule has 0 spiro atoms. The van der Waals surface area contributed by atoms with Crippen LogP contribution in [0.25, 0.3) is 0 Å². The summed E-state index contributed by atoms with van der Waals surface area (Å²) in [7, 11) is 0. The average molecular weight is 356 g/mol. The van der Waals surface area contributed by atoms with Gasteiger partial charge in [-0.15, -0.1) is 11.3 Å². The summed E-state index contributed by atoms with van der Waals surface area (Å²) >= 11 is 1.88. The fraction of sp³-hybridized carbons (Fsp3) is 0.632. The van der Waals surface area contributed by atoms with Crippen LogP contribution in [-0.4, -0.2) is 32.3 Å². The number of hydrogen-bond donors (Lipinski definition) is 0. The third-order valence-corrected chi connectivity index (χ3v) is 6.77. The van der Waals surface area contributed by atoms with Crippen LogP contribution in [-0.2, 0) is 13.1 Å². The smallest absolute Gasteiger partial charge is 0.266 e. The van der Waals surface area contributed by atoms with Gasteiger partial charge in [0.25, 0.3) is 5.56 Å². The van der Waals surface area contributed by atoms with Gasteiger partial charge in [0.1, 0.15) is 0 Å². The van der Waals surface area contributed by atoms with E-state index in [4.69, 9.17) is 0 Å². The second-order valence-electron chi connectivity index (χ2n) is 7.76. The maximum atomic E-state index is 12.2. The van der Waals surface area contributed by atoms with Gasteiger partial charge in [0.2, 0.25) is 0 Å². The second kappa shape index (κ2) is 6.32. The van der Waals surface area contributed by atoms with Gasteiger partial charge in [0, 0.05) is 41.6 Å². The second-order valence-corrected chi connectivity index (χ2v) is 8.91. The number of hydrogen-bond acceptors (Lipinski definition) is 5.